The van der Waals surface area contributed by atoms with E-state index in [1.165, 1.54) is 6.08 Å². The molecule has 126 valence electrons. The van der Waals surface area contributed by atoms with Crippen molar-refractivity contribution in [3.8, 4) is 5.75 Å². The van der Waals surface area contributed by atoms with Crippen molar-refractivity contribution in [2.45, 2.75) is 39.5 Å². The smallest absolute Gasteiger partial charge is 0.248 e. The van der Waals surface area contributed by atoms with Gasteiger partial charge in [-0.05, 0) is 46.7 Å². The Bertz CT molecular complexity index is 702. The quantitative estimate of drug-likeness (QED) is 0.580. The number of anilines is 1. The number of amides is 1. The van der Waals surface area contributed by atoms with Crippen molar-refractivity contribution < 1.29 is 9.90 Å². The van der Waals surface area contributed by atoms with Gasteiger partial charge in [0.05, 0.1) is 0 Å². The van der Waals surface area contributed by atoms with Crippen LogP contribution in [0.1, 0.15) is 56.2 Å². The monoisotopic (exact) mass is 323 g/mol. The van der Waals surface area contributed by atoms with Gasteiger partial charge in [-0.25, -0.2) is 0 Å². The molecule has 0 fully saturated rings. The molecule has 0 spiro atoms. The molecule has 0 aliphatic rings. The minimum Gasteiger partial charge on any atom is -0.507 e. The fraction of sp³-hybridized carbons (Fsp3) is 0.286. The molecule has 0 heterocycles. The standard InChI is InChI=1S/C21H25NO2/c1-14(2)18-12-17(13-19(15(3)4)21(18)24)22-20(23)11-10-16-8-6-5-7-9-16/h5-15,24H,1-4H3,(H,22,23)/b11-10+. The van der Waals surface area contributed by atoms with Crippen molar-refractivity contribution in [1.82, 2.24) is 0 Å². The third-order valence-electron chi connectivity index (χ3n) is 3.91. The highest BCUT2D eigenvalue weighted by molar-refractivity contribution is 6.02. The summed E-state index contributed by atoms with van der Waals surface area (Å²) in [6.07, 6.45) is 3.30. The van der Waals surface area contributed by atoms with Crippen molar-refractivity contribution >= 4 is 17.7 Å². The lowest BCUT2D eigenvalue weighted by atomic mass is 9.93. The molecule has 3 nitrogen and oxygen atoms in total. The Morgan fingerprint density at radius 3 is 2.04 bits per heavy atom. The van der Waals surface area contributed by atoms with E-state index < -0.39 is 0 Å². The molecule has 2 aromatic carbocycles. The number of phenolic OH excluding ortho intramolecular Hbond substituents is 1. The van der Waals surface area contributed by atoms with Crippen molar-refractivity contribution in [2.75, 3.05) is 5.32 Å². The normalized spacial score (nSPS) is 11.4. The predicted octanol–water partition coefficient (Wildman–Crippen LogP) is 5.29. The Morgan fingerprint density at radius 1 is 1.00 bits per heavy atom. The van der Waals surface area contributed by atoms with Crippen molar-refractivity contribution in [2.24, 2.45) is 0 Å². The number of carbonyl (C=O) groups excluding carboxylic acids is 1. The number of phenols is 1. The summed E-state index contributed by atoms with van der Waals surface area (Å²) in [5, 5.41) is 13.3. The SMILES string of the molecule is CC(C)c1cc(NC(=O)/C=C/c2ccccc2)cc(C(C)C)c1O. The van der Waals surface area contributed by atoms with E-state index in [9.17, 15) is 9.90 Å². The zero-order valence-electron chi connectivity index (χ0n) is 14.7. The Morgan fingerprint density at radius 2 is 1.54 bits per heavy atom. The summed E-state index contributed by atoms with van der Waals surface area (Å²) >= 11 is 0. The van der Waals surface area contributed by atoms with Gasteiger partial charge in [0.1, 0.15) is 5.75 Å². The lowest BCUT2D eigenvalue weighted by Crippen LogP contribution is -2.09. The molecule has 0 saturated heterocycles. The zero-order valence-corrected chi connectivity index (χ0v) is 14.7. The molecule has 0 aliphatic heterocycles. The van der Waals surface area contributed by atoms with Gasteiger partial charge in [0.25, 0.3) is 0 Å². The second-order valence-electron chi connectivity index (χ2n) is 6.55. The van der Waals surface area contributed by atoms with Crippen molar-refractivity contribution in [3.63, 3.8) is 0 Å². The van der Waals surface area contributed by atoms with Crippen molar-refractivity contribution in [1.29, 1.82) is 0 Å². The zero-order chi connectivity index (χ0) is 17.7. The molecule has 3 heteroatoms. The Kier molecular flexibility index (Phi) is 5.80. The van der Waals surface area contributed by atoms with E-state index in [0.29, 0.717) is 11.4 Å². The molecule has 0 radical (unpaired) electrons. The Labute approximate surface area is 144 Å². The average Bonchev–Trinajstić information content (AvgIpc) is 2.55. The lowest BCUT2D eigenvalue weighted by Gasteiger charge is -2.17. The van der Waals surface area contributed by atoms with Crippen LogP contribution < -0.4 is 5.32 Å². The minimum absolute atomic E-state index is 0.180. The van der Waals surface area contributed by atoms with E-state index in [0.717, 1.165) is 16.7 Å². The third kappa shape index (κ3) is 4.48. The second-order valence-corrected chi connectivity index (χ2v) is 6.55. The average molecular weight is 323 g/mol. The van der Waals surface area contributed by atoms with E-state index >= 15 is 0 Å². The number of rotatable bonds is 5. The molecule has 0 bridgehead atoms. The molecule has 2 N–H and O–H groups in total. The van der Waals surface area contributed by atoms with Crippen LogP contribution >= 0.6 is 0 Å². The van der Waals surface area contributed by atoms with Gasteiger partial charge in [-0.15, -0.1) is 0 Å². The van der Waals surface area contributed by atoms with E-state index in [1.54, 1.807) is 6.08 Å². The number of nitrogens with one attached hydrogen (secondary N) is 1. The molecule has 2 rings (SSSR count). The number of hydrogen-bond donors (Lipinski definition) is 2. The van der Waals surface area contributed by atoms with Crippen LogP contribution in [0.4, 0.5) is 5.69 Å². The lowest BCUT2D eigenvalue weighted by molar-refractivity contribution is -0.111. The first-order chi connectivity index (χ1) is 11.4. The molecule has 24 heavy (non-hydrogen) atoms. The van der Waals surface area contributed by atoms with Crippen molar-refractivity contribution in [3.05, 3.63) is 65.2 Å². The summed E-state index contributed by atoms with van der Waals surface area (Å²) < 4.78 is 0. The second kappa shape index (κ2) is 7.82. The van der Waals surface area contributed by atoms with E-state index in [4.69, 9.17) is 0 Å². The Balaban J connectivity index is 2.22. The van der Waals surface area contributed by atoms with Crippen LogP contribution in [0.15, 0.2) is 48.5 Å². The van der Waals surface area contributed by atoms with Gasteiger partial charge < -0.3 is 10.4 Å². The van der Waals surface area contributed by atoms with E-state index in [2.05, 4.69) is 5.32 Å². The van der Waals surface area contributed by atoms with E-state index in [-0.39, 0.29) is 17.7 Å². The van der Waals surface area contributed by atoms with Gasteiger partial charge in [-0.2, -0.15) is 0 Å². The highest BCUT2D eigenvalue weighted by Crippen LogP contribution is 2.36. The molecule has 0 aliphatic carbocycles. The third-order valence-corrected chi connectivity index (χ3v) is 3.91. The van der Waals surface area contributed by atoms with Gasteiger partial charge in [-0.1, -0.05) is 58.0 Å². The topological polar surface area (TPSA) is 49.3 Å². The highest BCUT2D eigenvalue weighted by Gasteiger charge is 2.15. The number of aromatic hydroxyl groups is 1. The summed E-state index contributed by atoms with van der Waals surface area (Å²) in [7, 11) is 0. The largest absolute Gasteiger partial charge is 0.507 e. The molecular weight excluding hydrogens is 298 g/mol. The fourth-order valence-corrected chi connectivity index (χ4v) is 2.55. The molecule has 1 amide bonds. The van der Waals surface area contributed by atoms with Gasteiger partial charge in [0.15, 0.2) is 0 Å². The van der Waals surface area contributed by atoms with Crippen LogP contribution in [-0.2, 0) is 4.79 Å². The molecule has 0 aromatic heterocycles. The first-order valence-electron chi connectivity index (χ1n) is 8.29. The molecule has 0 saturated carbocycles. The predicted molar refractivity (Wildman–Crippen MR) is 100 cm³/mol. The Hall–Kier alpha value is -2.55. The fourth-order valence-electron chi connectivity index (χ4n) is 2.55. The van der Waals surface area contributed by atoms with Gasteiger partial charge >= 0.3 is 0 Å². The summed E-state index contributed by atoms with van der Waals surface area (Å²) in [5.74, 6) is 0.505. The maximum Gasteiger partial charge on any atom is 0.248 e. The van der Waals surface area contributed by atoms with Gasteiger partial charge in [0, 0.05) is 11.8 Å². The van der Waals surface area contributed by atoms with Crippen LogP contribution in [0.5, 0.6) is 5.75 Å². The first kappa shape index (κ1) is 17.8. The van der Waals surface area contributed by atoms with Crippen LogP contribution in [0.25, 0.3) is 6.08 Å². The molecule has 2 aromatic rings. The molecule has 0 unspecified atom stereocenters. The highest BCUT2D eigenvalue weighted by atomic mass is 16.3. The summed E-state index contributed by atoms with van der Waals surface area (Å²) in [4.78, 5) is 12.2. The van der Waals surface area contributed by atoms with E-state index in [1.807, 2.05) is 70.2 Å². The summed E-state index contributed by atoms with van der Waals surface area (Å²) in [6.45, 7) is 8.11. The van der Waals surface area contributed by atoms with Crippen LogP contribution in [0.2, 0.25) is 0 Å². The van der Waals surface area contributed by atoms with Crippen LogP contribution in [0, 0.1) is 0 Å². The maximum atomic E-state index is 12.2. The molecule has 0 atom stereocenters. The van der Waals surface area contributed by atoms with Gasteiger partial charge in [-0.3, -0.25) is 4.79 Å². The molecular formula is C21H25NO2. The number of benzene rings is 2. The summed E-state index contributed by atoms with van der Waals surface area (Å²) in [6, 6.07) is 13.4. The maximum absolute atomic E-state index is 12.2. The van der Waals surface area contributed by atoms with Crippen LogP contribution in [-0.4, -0.2) is 11.0 Å². The number of hydrogen-bond acceptors (Lipinski definition) is 2. The van der Waals surface area contributed by atoms with Gasteiger partial charge in [0.2, 0.25) is 5.91 Å². The number of carbonyl (C=O) groups is 1. The first-order valence-corrected chi connectivity index (χ1v) is 8.29. The summed E-state index contributed by atoms with van der Waals surface area (Å²) in [5.41, 5.74) is 3.39. The minimum atomic E-state index is -0.186. The van der Waals surface area contributed by atoms with Crippen LogP contribution in [0.3, 0.4) is 0 Å².